The maximum absolute atomic E-state index is 11.8. The Bertz CT molecular complexity index is 701. The van der Waals surface area contributed by atoms with Crippen LogP contribution in [0, 0.1) is 6.92 Å². The maximum atomic E-state index is 11.8. The number of carbonyl (C=O) groups excluding carboxylic acids is 1. The van der Waals surface area contributed by atoms with Gasteiger partial charge in [-0.1, -0.05) is 17.7 Å². The first-order valence-corrected chi connectivity index (χ1v) is 6.22. The van der Waals surface area contributed by atoms with Gasteiger partial charge in [-0.2, -0.15) is 0 Å². The summed E-state index contributed by atoms with van der Waals surface area (Å²) in [6.07, 6.45) is 5.01. The predicted octanol–water partition coefficient (Wildman–Crippen LogP) is 2.73. The summed E-state index contributed by atoms with van der Waals surface area (Å²) in [5.41, 5.74) is 3.10. The number of esters is 1. The van der Waals surface area contributed by atoms with Crippen LogP contribution in [0.1, 0.15) is 16.7 Å². The molecule has 3 rings (SSSR count). The first-order chi connectivity index (χ1) is 9.72. The molecule has 1 aliphatic heterocycles. The average molecular weight is 264 g/mol. The molecule has 20 heavy (non-hydrogen) atoms. The minimum absolute atomic E-state index is 0.298. The van der Waals surface area contributed by atoms with Crippen LogP contribution in [0.2, 0.25) is 0 Å². The summed E-state index contributed by atoms with van der Waals surface area (Å²) in [6.45, 7) is 2.00. The summed E-state index contributed by atoms with van der Waals surface area (Å²) in [4.78, 5) is 20.0. The van der Waals surface area contributed by atoms with Gasteiger partial charge in [0.05, 0.1) is 0 Å². The van der Waals surface area contributed by atoms with Crippen LogP contribution in [0.4, 0.5) is 0 Å². The van der Waals surface area contributed by atoms with E-state index in [2.05, 4.69) is 9.98 Å². The standard InChI is InChI=1S/C16H12N2O2/c1-11-2-4-13(5-3-11)15-18-14(16(19)20-15)10-12-6-8-17-9-7-12/h2-10H,1H3/b14-10+. The summed E-state index contributed by atoms with van der Waals surface area (Å²) < 4.78 is 5.20. The highest BCUT2D eigenvalue weighted by molar-refractivity contribution is 6.12. The Morgan fingerprint density at radius 1 is 1.05 bits per heavy atom. The van der Waals surface area contributed by atoms with E-state index < -0.39 is 5.97 Å². The number of ether oxygens (including phenoxy) is 1. The first kappa shape index (κ1) is 12.3. The van der Waals surface area contributed by atoms with Crippen molar-refractivity contribution in [2.24, 2.45) is 4.99 Å². The minimum Gasteiger partial charge on any atom is -0.402 e. The van der Waals surface area contributed by atoms with E-state index in [-0.39, 0.29) is 0 Å². The van der Waals surface area contributed by atoms with E-state index in [1.54, 1.807) is 30.6 Å². The molecule has 0 radical (unpaired) electrons. The van der Waals surface area contributed by atoms with Crippen molar-refractivity contribution in [2.75, 3.05) is 0 Å². The molecule has 0 amide bonds. The number of benzene rings is 1. The number of hydrogen-bond acceptors (Lipinski definition) is 4. The molecule has 0 saturated heterocycles. The van der Waals surface area contributed by atoms with Crippen molar-refractivity contribution in [3.05, 3.63) is 71.2 Å². The fourth-order valence-electron chi connectivity index (χ4n) is 1.85. The van der Waals surface area contributed by atoms with Gasteiger partial charge in [-0.25, -0.2) is 9.79 Å². The Kier molecular flexibility index (Phi) is 3.13. The highest BCUT2D eigenvalue weighted by atomic mass is 16.6. The highest BCUT2D eigenvalue weighted by Gasteiger charge is 2.23. The van der Waals surface area contributed by atoms with E-state index >= 15 is 0 Å². The third-order valence-electron chi connectivity index (χ3n) is 2.93. The van der Waals surface area contributed by atoms with E-state index in [1.807, 2.05) is 31.2 Å². The lowest BCUT2D eigenvalue weighted by atomic mass is 10.1. The van der Waals surface area contributed by atoms with Crippen molar-refractivity contribution in [2.45, 2.75) is 6.92 Å². The number of aryl methyl sites for hydroxylation is 1. The largest absolute Gasteiger partial charge is 0.402 e. The van der Waals surface area contributed by atoms with Gasteiger partial charge in [0.15, 0.2) is 5.70 Å². The smallest absolute Gasteiger partial charge is 0.363 e. The van der Waals surface area contributed by atoms with Crippen molar-refractivity contribution >= 4 is 17.9 Å². The van der Waals surface area contributed by atoms with Crippen molar-refractivity contribution in [3.63, 3.8) is 0 Å². The molecule has 2 heterocycles. The van der Waals surface area contributed by atoms with Crippen molar-refractivity contribution in [1.82, 2.24) is 4.98 Å². The zero-order chi connectivity index (χ0) is 13.9. The predicted molar refractivity (Wildman–Crippen MR) is 76.0 cm³/mol. The Labute approximate surface area is 116 Å². The van der Waals surface area contributed by atoms with Crippen molar-refractivity contribution in [1.29, 1.82) is 0 Å². The Hall–Kier alpha value is -2.75. The zero-order valence-corrected chi connectivity index (χ0v) is 10.9. The van der Waals surface area contributed by atoms with Gasteiger partial charge < -0.3 is 4.74 Å². The second-order valence-corrected chi connectivity index (χ2v) is 4.48. The summed E-state index contributed by atoms with van der Waals surface area (Å²) in [5.74, 6) is -0.0901. The molecule has 98 valence electrons. The molecule has 0 spiro atoms. The van der Waals surface area contributed by atoms with Crippen LogP contribution in [0.25, 0.3) is 6.08 Å². The third-order valence-corrected chi connectivity index (χ3v) is 2.93. The second kappa shape index (κ2) is 5.09. The van der Waals surface area contributed by atoms with Crippen LogP contribution in [-0.2, 0) is 9.53 Å². The Morgan fingerprint density at radius 2 is 1.75 bits per heavy atom. The fraction of sp³-hybridized carbons (Fsp3) is 0.0625. The molecular weight excluding hydrogens is 252 g/mol. The molecule has 0 fully saturated rings. The summed E-state index contributed by atoms with van der Waals surface area (Å²) in [6, 6.07) is 11.3. The van der Waals surface area contributed by atoms with Gasteiger partial charge >= 0.3 is 5.97 Å². The molecule has 1 aliphatic rings. The van der Waals surface area contributed by atoms with E-state index in [9.17, 15) is 4.79 Å². The molecule has 0 aliphatic carbocycles. The van der Waals surface area contributed by atoms with Gasteiger partial charge in [0.1, 0.15) is 0 Å². The monoisotopic (exact) mass is 264 g/mol. The molecule has 4 heteroatoms. The lowest BCUT2D eigenvalue weighted by Crippen LogP contribution is -2.05. The van der Waals surface area contributed by atoms with E-state index in [0.717, 1.165) is 16.7 Å². The number of nitrogens with zero attached hydrogens (tertiary/aromatic N) is 2. The molecule has 1 aromatic carbocycles. The molecule has 0 bridgehead atoms. The number of carbonyl (C=O) groups is 1. The first-order valence-electron chi connectivity index (χ1n) is 6.22. The highest BCUT2D eigenvalue weighted by Crippen LogP contribution is 2.19. The Morgan fingerprint density at radius 3 is 2.45 bits per heavy atom. The number of cyclic esters (lactones) is 1. The summed E-state index contributed by atoms with van der Waals surface area (Å²) in [7, 11) is 0. The van der Waals surface area contributed by atoms with Crippen LogP contribution >= 0.6 is 0 Å². The second-order valence-electron chi connectivity index (χ2n) is 4.48. The van der Waals surface area contributed by atoms with E-state index in [4.69, 9.17) is 4.74 Å². The fourth-order valence-corrected chi connectivity index (χ4v) is 1.85. The van der Waals surface area contributed by atoms with Gasteiger partial charge in [-0.05, 0) is 42.8 Å². The van der Waals surface area contributed by atoms with Gasteiger partial charge in [0.2, 0.25) is 5.90 Å². The maximum Gasteiger partial charge on any atom is 0.363 e. The number of pyridine rings is 1. The molecule has 0 saturated carbocycles. The number of rotatable bonds is 2. The molecule has 0 atom stereocenters. The van der Waals surface area contributed by atoms with Gasteiger partial charge in [-0.3, -0.25) is 4.98 Å². The third kappa shape index (κ3) is 2.49. The van der Waals surface area contributed by atoms with Crippen molar-refractivity contribution in [3.8, 4) is 0 Å². The van der Waals surface area contributed by atoms with E-state index in [0.29, 0.717) is 11.6 Å². The van der Waals surface area contributed by atoms with Crippen molar-refractivity contribution < 1.29 is 9.53 Å². The van der Waals surface area contributed by atoms with Crippen LogP contribution in [-0.4, -0.2) is 16.9 Å². The zero-order valence-electron chi connectivity index (χ0n) is 10.9. The molecule has 0 N–H and O–H groups in total. The van der Waals surface area contributed by atoms with Crippen LogP contribution in [0.15, 0.2) is 59.5 Å². The lowest BCUT2D eigenvalue weighted by molar-refractivity contribution is -0.129. The molecule has 4 nitrogen and oxygen atoms in total. The van der Waals surface area contributed by atoms with Gasteiger partial charge in [0.25, 0.3) is 0 Å². The van der Waals surface area contributed by atoms with Gasteiger partial charge in [0, 0.05) is 18.0 Å². The molecule has 0 unspecified atom stereocenters. The quantitative estimate of drug-likeness (QED) is 0.619. The number of hydrogen-bond donors (Lipinski definition) is 0. The van der Waals surface area contributed by atoms with Crippen LogP contribution in [0.3, 0.4) is 0 Å². The molecular formula is C16H12N2O2. The lowest BCUT2D eigenvalue weighted by Gasteiger charge is -1.99. The topological polar surface area (TPSA) is 51.5 Å². The van der Waals surface area contributed by atoms with Gasteiger partial charge in [-0.15, -0.1) is 0 Å². The summed E-state index contributed by atoms with van der Waals surface area (Å²) in [5, 5.41) is 0. The van der Waals surface area contributed by atoms with Crippen LogP contribution in [0.5, 0.6) is 0 Å². The molecule has 2 aromatic rings. The summed E-state index contributed by atoms with van der Waals surface area (Å²) >= 11 is 0. The SMILES string of the molecule is Cc1ccc(C2=N/C(=C/c3ccncc3)C(=O)O2)cc1. The number of aliphatic imine (C=N–C) groups is 1. The van der Waals surface area contributed by atoms with E-state index in [1.165, 1.54) is 0 Å². The van der Waals surface area contributed by atoms with Crippen LogP contribution < -0.4 is 0 Å². The Balaban J connectivity index is 1.93. The minimum atomic E-state index is -0.433. The average Bonchev–Trinajstić information content (AvgIpc) is 2.82. The number of aromatic nitrogens is 1. The molecule has 1 aromatic heterocycles. The normalized spacial score (nSPS) is 16.1.